The highest BCUT2D eigenvalue weighted by molar-refractivity contribution is 7.89. The number of fused-ring (bicyclic) bond motifs is 1. The number of amides is 2. The second-order valence-electron chi connectivity index (χ2n) is 7.04. The number of morpholine rings is 1. The Bertz CT molecular complexity index is 561. The van der Waals surface area contributed by atoms with Gasteiger partial charge in [0.1, 0.15) is 0 Å². The van der Waals surface area contributed by atoms with Crippen molar-refractivity contribution >= 4 is 16.1 Å². The van der Waals surface area contributed by atoms with Gasteiger partial charge in [-0.25, -0.2) is 13.2 Å². The Balaban J connectivity index is 1.75. The normalized spacial score (nSPS) is 31.1. The maximum atomic E-state index is 12.7. The number of likely N-dealkylation sites (tertiary alicyclic amines) is 1. The second-order valence-corrected chi connectivity index (χ2v) is 9.08. The lowest BCUT2D eigenvalue weighted by Crippen LogP contribution is -2.49. The molecule has 0 aromatic heterocycles. The molecule has 3 rings (SSSR count). The summed E-state index contributed by atoms with van der Waals surface area (Å²) in [5, 5.41) is 0. The Kier molecular flexibility index (Phi) is 5.33. The zero-order valence-electron chi connectivity index (χ0n) is 14.4. The number of ether oxygens (including phenoxy) is 2. The van der Waals surface area contributed by atoms with E-state index in [1.165, 1.54) is 0 Å². The first-order valence-electron chi connectivity index (χ1n) is 8.61. The molecule has 3 aliphatic heterocycles. The molecule has 0 aromatic rings. The lowest BCUT2D eigenvalue weighted by atomic mass is 10.1. The molecule has 0 N–H and O–H groups in total. The first-order chi connectivity index (χ1) is 11.4. The number of nitrogens with zero attached hydrogens (tertiary/aromatic N) is 3. The van der Waals surface area contributed by atoms with E-state index >= 15 is 0 Å². The number of rotatable bonds is 2. The van der Waals surface area contributed by atoms with Crippen molar-refractivity contribution in [2.45, 2.75) is 26.0 Å². The quantitative estimate of drug-likeness (QED) is 0.681. The van der Waals surface area contributed by atoms with Crippen molar-refractivity contribution in [3.8, 4) is 0 Å². The Hall–Kier alpha value is -0.900. The summed E-state index contributed by atoms with van der Waals surface area (Å²) < 4.78 is 37.8. The summed E-state index contributed by atoms with van der Waals surface area (Å²) in [5.41, 5.74) is 0. The average molecular weight is 361 g/mol. The molecule has 3 saturated heterocycles. The summed E-state index contributed by atoms with van der Waals surface area (Å²) in [6.45, 7) is 7.78. The molecule has 3 aliphatic rings. The first-order valence-corrected chi connectivity index (χ1v) is 10.2. The van der Waals surface area contributed by atoms with Crippen LogP contribution in [0.2, 0.25) is 0 Å². The number of carbonyl (C=O) groups is 1. The number of hydrogen-bond donors (Lipinski definition) is 0. The molecule has 0 bridgehead atoms. The molecule has 24 heavy (non-hydrogen) atoms. The molecule has 0 radical (unpaired) electrons. The van der Waals surface area contributed by atoms with Crippen LogP contribution in [0.15, 0.2) is 0 Å². The third kappa shape index (κ3) is 3.68. The zero-order chi connectivity index (χ0) is 17.3. The molecule has 0 aromatic carbocycles. The standard InChI is InChI=1S/C15H27N3O5S/c1-12(2)9-18-13-10-17(15(19)16-3-5-22-6-4-16)11-14(13)23-7-8-24(18,20)21/h12-14H,3-11H2,1-2H3/t13-,14+/m1/s1. The van der Waals surface area contributed by atoms with Crippen LogP contribution in [0, 0.1) is 5.92 Å². The minimum atomic E-state index is -3.35. The van der Waals surface area contributed by atoms with Crippen LogP contribution in [0.25, 0.3) is 0 Å². The van der Waals surface area contributed by atoms with E-state index in [2.05, 4.69) is 0 Å². The topological polar surface area (TPSA) is 79.4 Å². The molecular formula is C15H27N3O5S. The van der Waals surface area contributed by atoms with Crippen LogP contribution in [0.1, 0.15) is 13.8 Å². The van der Waals surface area contributed by atoms with Crippen molar-refractivity contribution in [1.29, 1.82) is 0 Å². The molecule has 2 atom stereocenters. The van der Waals surface area contributed by atoms with E-state index in [-0.39, 0.29) is 36.5 Å². The van der Waals surface area contributed by atoms with Gasteiger partial charge in [0.15, 0.2) is 0 Å². The van der Waals surface area contributed by atoms with Crippen molar-refractivity contribution < 1.29 is 22.7 Å². The smallest absolute Gasteiger partial charge is 0.320 e. The first kappa shape index (κ1) is 17.9. The fourth-order valence-electron chi connectivity index (χ4n) is 3.55. The minimum absolute atomic E-state index is 0.0180. The Morgan fingerprint density at radius 1 is 1.12 bits per heavy atom. The Labute approximate surface area is 143 Å². The van der Waals surface area contributed by atoms with Gasteiger partial charge in [0.25, 0.3) is 0 Å². The number of carbonyl (C=O) groups excluding carboxylic acids is 1. The van der Waals surface area contributed by atoms with E-state index in [0.29, 0.717) is 45.9 Å². The highest BCUT2D eigenvalue weighted by Crippen LogP contribution is 2.27. The van der Waals surface area contributed by atoms with E-state index in [4.69, 9.17) is 9.47 Å². The third-order valence-corrected chi connectivity index (χ3v) is 6.55. The van der Waals surface area contributed by atoms with Gasteiger partial charge in [0.2, 0.25) is 10.0 Å². The van der Waals surface area contributed by atoms with Crippen molar-refractivity contribution in [2.75, 3.05) is 58.3 Å². The zero-order valence-corrected chi connectivity index (χ0v) is 15.2. The van der Waals surface area contributed by atoms with E-state index < -0.39 is 10.0 Å². The van der Waals surface area contributed by atoms with Gasteiger partial charge in [-0.3, -0.25) is 0 Å². The van der Waals surface area contributed by atoms with Crippen LogP contribution < -0.4 is 0 Å². The molecule has 8 nitrogen and oxygen atoms in total. The summed E-state index contributed by atoms with van der Waals surface area (Å²) in [6.07, 6.45) is -0.244. The molecule has 0 spiro atoms. The van der Waals surface area contributed by atoms with E-state index in [0.717, 1.165) is 0 Å². The van der Waals surface area contributed by atoms with Crippen LogP contribution in [0.3, 0.4) is 0 Å². The van der Waals surface area contributed by atoms with Crippen LogP contribution in [-0.4, -0.2) is 99.0 Å². The molecule has 138 valence electrons. The molecule has 0 saturated carbocycles. The maximum absolute atomic E-state index is 12.7. The van der Waals surface area contributed by atoms with Crippen LogP contribution >= 0.6 is 0 Å². The van der Waals surface area contributed by atoms with Gasteiger partial charge in [-0.2, -0.15) is 4.31 Å². The summed E-state index contributed by atoms with van der Waals surface area (Å²) in [6, 6.07) is -0.332. The van der Waals surface area contributed by atoms with Crippen molar-refractivity contribution in [2.24, 2.45) is 5.92 Å². The predicted molar refractivity (Wildman–Crippen MR) is 88.2 cm³/mol. The largest absolute Gasteiger partial charge is 0.378 e. The van der Waals surface area contributed by atoms with E-state index in [9.17, 15) is 13.2 Å². The highest BCUT2D eigenvalue weighted by atomic mass is 32.2. The van der Waals surface area contributed by atoms with Gasteiger partial charge in [0.05, 0.1) is 44.3 Å². The number of hydrogen-bond acceptors (Lipinski definition) is 5. The molecule has 3 fully saturated rings. The van der Waals surface area contributed by atoms with Crippen molar-refractivity contribution in [3.05, 3.63) is 0 Å². The van der Waals surface area contributed by atoms with Gasteiger partial charge >= 0.3 is 6.03 Å². The predicted octanol–water partition coefficient (Wildman–Crippen LogP) is -0.191. The SMILES string of the molecule is CC(C)CN1[C@@H]2CN(C(=O)N3CCOCC3)C[C@@H]2OCCS1(=O)=O. The molecule has 3 heterocycles. The lowest BCUT2D eigenvalue weighted by molar-refractivity contribution is 0.0376. The van der Waals surface area contributed by atoms with Crippen molar-refractivity contribution in [3.63, 3.8) is 0 Å². The third-order valence-electron chi connectivity index (χ3n) is 4.73. The number of sulfonamides is 1. The molecule has 9 heteroatoms. The number of urea groups is 1. The second kappa shape index (κ2) is 7.15. The molecular weight excluding hydrogens is 334 g/mol. The lowest BCUT2D eigenvalue weighted by Gasteiger charge is -2.32. The van der Waals surface area contributed by atoms with Gasteiger partial charge in [-0.05, 0) is 5.92 Å². The summed E-state index contributed by atoms with van der Waals surface area (Å²) in [5.74, 6) is 0.243. The van der Waals surface area contributed by atoms with Gasteiger partial charge in [0, 0.05) is 26.2 Å². The summed E-state index contributed by atoms with van der Waals surface area (Å²) >= 11 is 0. The fourth-order valence-corrected chi connectivity index (χ4v) is 5.23. The summed E-state index contributed by atoms with van der Waals surface area (Å²) in [7, 11) is -3.35. The van der Waals surface area contributed by atoms with Gasteiger partial charge in [-0.1, -0.05) is 13.8 Å². The van der Waals surface area contributed by atoms with Crippen molar-refractivity contribution in [1.82, 2.24) is 14.1 Å². The summed E-state index contributed by atoms with van der Waals surface area (Å²) in [4.78, 5) is 16.2. The Morgan fingerprint density at radius 3 is 2.50 bits per heavy atom. The van der Waals surface area contributed by atoms with Crippen LogP contribution in [-0.2, 0) is 19.5 Å². The molecule has 0 unspecified atom stereocenters. The maximum Gasteiger partial charge on any atom is 0.320 e. The van der Waals surface area contributed by atoms with Crippen LogP contribution in [0.4, 0.5) is 4.79 Å². The molecule has 2 amide bonds. The Morgan fingerprint density at radius 2 is 1.83 bits per heavy atom. The van der Waals surface area contributed by atoms with Gasteiger partial charge < -0.3 is 19.3 Å². The monoisotopic (exact) mass is 361 g/mol. The average Bonchev–Trinajstić information content (AvgIpc) is 2.91. The minimum Gasteiger partial charge on any atom is -0.378 e. The molecule has 0 aliphatic carbocycles. The van der Waals surface area contributed by atoms with Crippen LogP contribution in [0.5, 0.6) is 0 Å². The highest BCUT2D eigenvalue weighted by Gasteiger charge is 2.46. The van der Waals surface area contributed by atoms with E-state index in [1.54, 1.807) is 14.1 Å². The fraction of sp³-hybridized carbons (Fsp3) is 0.933. The van der Waals surface area contributed by atoms with E-state index in [1.807, 2.05) is 13.8 Å². The van der Waals surface area contributed by atoms with Gasteiger partial charge in [-0.15, -0.1) is 0 Å².